The average Bonchev–Trinajstić information content (AvgIpc) is 3.64. The van der Waals surface area contributed by atoms with E-state index in [0.717, 1.165) is 94.8 Å². The van der Waals surface area contributed by atoms with Gasteiger partial charge >= 0.3 is 0 Å². The monoisotopic (exact) mass is 756 g/mol. The number of benzene rings is 8. The topological polar surface area (TPSA) is 43.2 Å². The lowest BCUT2D eigenvalue weighted by molar-refractivity contribution is 0.477. The van der Waals surface area contributed by atoms with Crippen LogP contribution in [0.2, 0.25) is 0 Å². The Labute approximate surface area is 341 Å². The fourth-order valence-corrected chi connectivity index (χ4v) is 8.59. The molecule has 0 amide bonds. The van der Waals surface area contributed by atoms with E-state index >= 15 is 0 Å². The molecule has 1 aliphatic heterocycles. The number of para-hydroxylation sites is 4. The van der Waals surface area contributed by atoms with Gasteiger partial charge in [0.25, 0.3) is 0 Å². The van der Waals surface area contributed by atoms with Gasteiger partial charge in [0.15, 0.2) is 11.5 Å². The number of allylic oxidation sites excluding steroid dienone is 4. The van der Waals surface area contributed by atoms with Gasteiger partial charge in [0.1, 0.15) is 0 Å². The van der Waals surface area contributed by atoms with Crippen LogP contribution < -0.4 is 9.64 Å². The molecule has 278 valence electrons. The van der Waals surface area contributed by atoms with Crippen molar-refractivity contribution >= 4 is 66.1 Å². The molecule has 0 aliphatic carbocycles. The molecule has 0 saturated heterocycles. The Hall–Kier alpha value is -8.02. The van der Waals surface area contributed by atoms with E-state index in [2.05, 4.69) is 168 Å². The molecular weight excluding hydrogens is 721 g/mol. The first-order valence-corrected chi connectivity index (χ1v) is 19.7. The van der Waals surface area contributed by atoms with Crippen LogP contribution in [-0.2, 0) is 0 Å². The van der Waals surface area contributed by atoms with Crippen LogP contribution in [0.1, 0.15) is 5.56 Å². The van der Waals surface area contributed by atoms with Crippen molar-refractivity contribution in [2.24, 2.45) is 0 Å². The summed E-state index contributed by atoms with van der Waals surface area (Å²) >= 11 is 0. The van der Waals surface area contributed by atoms with Gasteiger partial charge < -0.3 is 9.64 Å². The van der Waals surface area contributed by atoms with Crippen molar-refractivity contribution in [1.29, 1.82) is 0 Å². The molecule has 0 bridgehead atoms. The van der Waals surface area contributed by atoms with E-state index in [1.807, 2.05) is 42.5 Å². The van der Waals surface area contributed by atoms with Crippen LogP contribution in [0.15, 0.2) is 207 Å². The van der Waals surface area contributed by atoms with Crippen molar-refractivity contribution in [3.8, 4) is 39.8 Å². The molecule has 5 nitrogen and oxygen atoms in total. The molecule has 0 unspecified atom stereocenters. The molecule has 0 atom stereocenters. The highest BCUT2D eigenvalue weighted by molar-refractivity contribution is 6.22. The minimum atomic E-state index is 0.618. The number of hydrogen-bond donors (Lipinski definition) is 0. The first kappa shape index (κ1) is 34.2. The minimum absolute atomic E-state index is 0.618. The lowest BCUT2D eigenvalue weighted by atomic mass is 9.99. The molecule has 0 radical (unpaired) electrons. The highest BCUT2D eigenvalue weighted by Crippen LogP contribution is 2.51. The zero-order chi connectivity index (χ0) is 39.5. The van der Waals surface area contributed by atoms with E-state index in [1.54, 1.807) is 6.08 Å². The van der Waals surface area contributed by atoms with Gasteiger partial charge in [-0.05, 0) is 93.7 Å². The van der Waals surface area contributed by atoms with Crippen molar-refractivity contribution < 1.29 is 4.74 Å². The first-order valence-electron chi connectivity index (χ1n) is 19.7. The van der Waals surface area contributed by atoms with E-state index in [9.17, 15) is 0 Å². The minimum Gasteiger partial charge on any atom is -0.453 e. The summed E-state index contributed by atoms with van der Waals surface area (Å²) in [6.07, 6.45) is 5.61. The summed E-state index contributed by atoms with van der Waals surface area (Å²) in [5.41, 5.74) is 12.2. The average molecular weight is 757 g/mol. The second-order valence-electron chi connectivity index (χ2n) is 14.7. The number of rotatable bonds is 7. The standard InChI is InChI=1S/C54H36N4O/c1-3-14-35(4-2)36-23-25-38(26-24-36)53-43-19-10-11-20-45(43)55-54(56-53)58-46-30-28-39(33-44(46)52-42-18-9-8-15-37(42)27-31-48(52)58)40-29-32-51-49(34-40)57(41-16-6-5-7-17-41)47-21-12-13-22-50(47)59-51/h3-34H,1-2H2/b35-14+. The van der Waals surface area contributed by atoms with Crippen LogP contribution in [0.25, 0.3) is 77.4 Å². The Kier molecular flexibility index (Phi) is 8.05. The largest absolute Gasteiger partial charge is 0.453 e. The summed E-state index contributed by atoms with van der Waals surface area (Å²) in [4.78, 5) is 12.9. The van der Waals surface area contributed by atoms with Crippen LogP contribution in [0.3, 0.4) is 0 Å². The molecule has 10 aromatic rings. The smallest absolute Gasteiger partial charge is 0.235 e. The number of fused-ring (bicyclic) bond motifs is 8. The fraction of sp³-hybridized carbons (Fsp3) is 0. The lowest BCUT2D eigenvalue weighted by Gasteiger charge is -2.33. The molecule has 3 heterocycles. The first-order chi connectivity index (χ1) is 29.2. The maximum atomic E-state index is 6.48. The second kappa shape index (κ2) is 13.9. The van der Waals surface area contributed by atoms with Crippen LogP contribution in [0.5, 0.6) is 11.5 Å². The zero-order valence-corrected chi connectivity index (χ0v) is 32.1. The second-order valence-corrected chi connectivity index (χ2v) is 14.7. The van der Waals surface area contributed by atoms with Gasteiger partial charge in [-0.2, -0.15) is 0 Å². The molecule has 0 fully saturated rings. The lowest BCUT2D eigenvalue weighted by Crippen LogP contribution is -2.15. The third-order valence-electron chi connectivity index (χ3n) is 11.3. The van der Waals surface area contributed by atoms with Crippen LogP contribution in [0.4, 0.5) is 17.1 Å². The quantitative estimate of drug-likeness (QED) is 0.152. The molecule has 2 aromatic heterocycles. The summed E-state index contributed by atoms with van der Waals surface area (Å²) < 4.78 is 8.71. The Morgan fingerprint density at radius 3 is 2.08 bits per heavy atom. The van der Waals surface area contributed by atoms with Gasteiger partial charge in [0.2, 0.25) is 5.95 Å². The van der Waals surface area contributed by atoms with Crippen LogP contribution >= 0.6 is 0 Å². The van der Waals surface area contributed by atoms with E-state index in [0.29, 0.717) is 5.95 Å². The number of ether oxygens (including phenoxy) is 1. The molecule has 5 heteroatoms. The number of aromatic nitrogens is 3. The van der Waals surface area contributed by atoms with Gasteiger partial charge in [-0.3, -0.25) is 4.57 Å². The molecule has 0 N–H and O–H groups in total. The summed E-state index contributed by atoms with van der Waals surface area (Å²) in [5, 5.41) is 5.64. The molecule has 0 saturated carbocycles. The normalized spacial score (nSPS) is 12.4. The third-order valence-corrected chi connectivity index (χ3v) is 11.3. The van der Waals surface area contributed by atoms with Crippen LogP contribution in [0, 0.1) is 0 Å². The number of anilines is 3. The third kappa shape index (κ3) is 5.63. The predicted octanol–water partition coefficient (Wildman–Crippen LogP) is 14.5. The molecule has 1 aliphatic rings. The van der Waals surface area contributed by atoms with Gasteiger partial charge in [0.05, 0.1) is 33.6 Å². The van der Waals surface area contributed by atoms with Gasteiger partial charge in [-0.25, -0.2) is 9.97 Å². The molecule has 8 aromatic carbocycles. The van der Waals surface area contributed by atoms with Gasteiger partial charge in [0, 0.05) is 27.4 Å². The van der Waals surface area contributed by atoms with Crippen molar-refractivity contribution in [2.75, 3.05) is 4.90 Å². The number of nitrogens with zero attached hydrogens (tertiary/aromatic N) is 4. The van der Waals surface area contributed by atoms with Crippen molar-refractivity contribution in [3.63, 3.8) is 0 Å². The van der Waals surface area contributed by atoms with E-state index in [1.165, 1.54) is 10.8 Å². The summed E-state index contributed by atoms with van der Waals surface area (Å²) in [5.74, 6) is 2.26. The van der Waals surface area contributed by atoms with Gasteiger partial charge in [-0.1, -0.05) is 147 Å². The Morgan fingerprint density at radius 2 is 1.24 bits per heavy atom. The predicted molar refractivity (Wildman–Crippen MR) is 245 cm³/mol. The maximum Gasteiger partial charge on any atom is 0.235 e. The van der Waals surface area contributed by atoms with Crippen molar-refractivity contribution in [2.45, 2.75) is 0 Å². The van der Waals surface area contributed by atoms with E-state index in [4.69, 9.17) is 14.7 Å². The molecule has 59 heavy (non-hydrogen) atoms. The number of hydrogen-bond acceptors (Lipinski definition) is 4. The molecule has 0 spiro atoms. The summed E-state index contributed by atoms with van der Waals surface area (Å²) in [6, 6.07) is 61.7. The van der Waals surface area contributed by atoms with E-state index in [-0.39, 0.29) is 0 Å². The zero-order valence-electron chi connectivity index (χ0n) is 32.1. The fourth-order valence-electron chi connectivity index (χ4n) is 8.59. The summed E-state index contributed by atoms with van der Waals surface area (Å²) in [7, 11) is 0. The Bertz CT molecular complexity index is 3340. The Balaban J connectivity index is 1.11. The maximum absolute atomic E-state index is 6.48. The van der Waals surface area contributed by atoms with Crippen molar-refractivity contribution in [3.05, 3.63) is 213 Å². The van der Waals surface area contributed by atoms with E-state index < -0.39 is 0 Å². The molecule has 11 rings (SSSR count). The molecular formula is C54H36N4O. The van der Waals surface area contributed by atoms with Crippen molar-refractivity contribution in [1.82, 2.24) is 14.5 Å². The highest BCUT2D eigenvalue weighted by atomic mass is 16.5. The SMILES string of the molecule is C=C/C=C(\C=C)c1ccc(-c2nc(-n3c4ccc(-c5ccc6c(c5)N(c5ccccc5)c5ccccc5O6)cc4c4c5ccccc5ccc43)nc3ccccc23)cc1. The highest BCUT2D eigenvalue weighted by Gasteiger charge is 2.26. The van der Waals surface area contributed by atoms with Gasteiger partial charge in [-0.15, -0.1) is 0 Å². The summed E-state index contributed by atoms with van der Waals surface area (Å²) in [6.45, 7) is 7.87. The van der Waals surface area contributed by atoms with Crippen LogP contribution in [-0.4, -0.2) is 14.5 Å². The Morgan fingerprint density at radius 1 is 0.542 bits per heavy atom.